The summed E-state index contributed by atoms with van der Waals surface area (Å²) in [6.45, 7) is 0.400. The van der Waals surface area contributed by atoms with E-state index in [4.69, 9.17) is 14.9 Å². The monoisotopic (exact) mass is 222 g/mol. The van der Waals surface area contributed by atoms with Gasteiger partial charge in [-0.1, -0.05) is 0 Å². The molecule has 86 valence electrons. The normalized spacial score (nSPS) is 16.8. The summed E-state index contributed by atoms with van der Waals surface area (Å²) in [6.07, 6.45) is 2.05. The Balaban J connectivity index is 1.80. The van der Waals surface area contributed by atoms with Crippen molar-refractivity contribution in [2.75, 3.05) is 6.61 Å². The van der Waals surface area contributed by atoms with Gasteiger partial charge in [0, 0.05) is 0 Å². The highest BCUT2D eigenvalue weighted by Gasteiger charge is 2.49. The lowest BCUT2D eigenvalue weighted by Crippen LogP contribution is -2.17. The minimum Gasteiger partial charge on any atom is -0.508 e. The molecule has 1 aliphatic rings. The van der Waals surface area contributed by atoms with Crippen LogP contribution in [0.1, 0.15) is 19.3 Å². The first kappa shape index (κ1) is 10.8. The number of phenols is 1. The Morgan fingerprint density at radius 2 is 1.94 bits per heavy atom. The smallest absolute Gasteiger partial charge is 0.309 e. The Hall–Kier alpha value is -1.71. The van der Waals surface area contributed by atoms with Gasteiger partial charge in [0.1, 0.15) is 11.5 Å². The van der Waals surface area contributed by atoms with Crippen LogP contribution in [0.25, 0.3) is 0 Å². The number of hydrogen-bond donors (Lipinski definition) is 2. The Labute approximate surface area is 93.5 Å². The molecule has 4 nitrogen and oxygen atoms in total. The molecule has 1 aromatic carbocycles. The molecule has 16 heavy (non-hydrogen) atoms. The first-order chi connectivity index (χ1) is 7.62. The zero-order valence-corrected chi connectivity index (χ0v) is 8.85. The first-order valence-electron chi connectivity index (χ1n) is 5.28. The zero-order chi connectivity index (χ0) is 11.6. The van der Waals surface area contributed by atoms with E-state index in [-0.39, 0.29) is 5.75 Å². The lowest BCUT2D eigenvalue weighted by Gasteiger charge is -2.10. The van der Waals surface area contributed by atoms with Gasteiger partial charge in [0.05, 0.1) is 12.0 Å². The van der Waals surface area contributed by atoms with Crippen LogP contribution in [-0.2, 0) is 4.79 Å². The summed E-state index contributed by atoms with van der Waals surface area (Å²) in [5, 5.41) is 18.0. The molecule has 1 saturated carbocycles. The molecular weight excluding hydrogens is 208 g/mol. The molecule has 0 heterocycles. The largest absolute Gasteiger partial charge is 0.508 e. The number of carboxylic acids is 1. The average molecular weight is 222 g/mol. The van der Waals surface area contributed by atoms with E-state index >= 15 is 0 Å². The molecule has 0 amide bonds. The molecule has 0 atom stereocenters. The number of aliphatic carboxylic acids is 1. The van der Waals surface area contributed by atoms with E-state index in [1.165, 1.54) is 0 Å². The standard InChI is InChI=1S/C12H14O4/c13-9-1-3-10(4-2-9)16-8-7-12(5-6-12)11(14)15/h1-4,13H,5-8H2,(H,14,15). The van der Waals surface area contributed by atoms with E-state index in [1.54, 1.807) is 24.3 Å². The number of phenolic OH excluding ortho intramolecular Hbond substituents is 1. The van der Waals surface area contributed by atoms with Crippen LogP contribution < -0.4 is 4.74 Å². The fraction of sp³-hybridized carbons (Fsp3) is 0.417. The summed E-state index contributed by atoms with van der Waals surface area (Å²) in [4.78, 5) is 10.9. The summed E-state index contributed by atoms with van der Waals surface area (Å²) in [6, 6.07) is 6.41. The van der Waals surface area contributed by atoms with Crippen LogP contribution in [0.3, 0.4) is 0 Å². The molecule has 1 aliphatic carbocycles. The molecule has 0 unspecified atom stereocenters. The van der Waals surface area contributed by atoms with E-state index in [0.29, 0.717) is 18.8 Å². The van der Waals surface area contributed by atoms with Gasteiger partial charge in [-0.25, -0.2) is 0 Å². The van der Waals surface area contributed by atoms with Gasteiger partial charge in [0.15, 0.2) is 0 Å². The second-order valence-corrected chi connectivity index (χ2v) is 4.18. The Kier molecular flexibility index (Phi) is 2.73. The van der Waals surface area contributed by atoms with E-state index in [0.717, 1.165) is 12.8 Å². The molecule has 0 saturated heterocycles. The van der Waals surface area contributed by atoms with Gasteiger partial charge in [-0.3, -0.25) is 4.79 Å². The fourth-order valence-corrected chi connectivity index (χ4v) is 1.63. The van der Waals surface area contributed by atoms with Gasteiger partial charge in [0.25, 0.3) is 0 Å². The summed E-state index contributed by atoms with van der Waals surface area (Å²) >= 11 is 0. The van der Waals surface area contributed by atoms with E-state index in [2.05, 4.69) is 0 Å². The molecule has 2 rings (SSSR count). The second kappa shape index (κ2) is 4.04. The second-order valence-electron chi connectivity index (χ2n) is 4.18. The minimum atomic E-state index is -0.721. The molecule has 0 spiro atoms. The molecule has 1 aromatic rings. The van der Waals surface area contributed by atoms with Gasteiger partial charge in [-0.15, -0.1) is 0 Å². The summed E-state index contributed by atoms with van der Waals surface area (Å²) in [7, 11) is 0. The minimum absolute atomic E-state index is 0.191. The van der Waals surface area contributed by atoms with Gasteiger partial charge in [0.2, 0.25) is 0 Å². The van der Waals surface area contributed by atoms with Crippen molar-refractivity contribution in [2.45, 2.75) is 19.3 Å². The van der Waals surface area contributed by atoms with Crippen LogP contribution in [0.4, 0.5) is 0 Å². The van der Waals surface area contributed by atoms with E-state index < -0.39 is 11.4 Å². The SMILES string of the molecule is O=C(O)C1(CCOc2ccc(O)cc2)CC1. The van der Waals surface area contributed by atoms with Crippen molar-refractivity contribution in [3.8, 4) is 11.5 Å². The number of carboxylic acid groups (broad SMARTS) is 1. The van der Waals surface area contributed by atoms with Gasteiger partial charge in [-0.2, -0.15) is 0 Å². The molecule has 1 fully saturated rings. The lowest BCUT2D eigenvalue weighted by molar-refractivity contribution is -0.143. The van der Waals surface area contributed by atoms with Crippen molar-refractivity contribution in [2.24, 2.45) is 5.41 Å². The third-order valence-corrected chi connectivity index (χ3v) is 2.99. The summed E-state index contributed by atoms with van der Waals surface area (Å²) in [5.41, 5.74) is -0.531. The lowest BCUT2D eigenvalue weighted by atomic mass is 10.0. The Morgan fingerprint density at radius 3 is 2.44 bits per heavy atom. The number of ether oxygens (including phenoxy) is 1. The van der Waals surface area contributed by atoms with Crippen LogP contribution in [0, 0.1) is 5.41 Å². The Bertz CT molecular complexity index is 379. The maximum atomic E-state index is 10.9. The number of carbonyl (C=O) groups is 1. The zero-order valence-electron chi connectivity index (χ0n) is 8.85. The van der Waals surface area contributed by atoms with Gasteiger partial charge in [-0.05, 0) is 43.5 Å². The van der Waals surface area contributed by atoms with Crippen molar-refractivity contribution in [3.05, 3.63) is 24.3 Å². The van der Waals surface area contributed by atoms with Crippen LogP contribution >= 0.6 is 0 Å². The number of benzene rings is 1. The van der Waals surface area contributed by atoms with Crippen molar-refractivity contribution in [1.82, 2.24) is 0 Å². The number of rotatable bonds is 5. The highest BCUT2D eigenvalue weighted by Crippen LogP contribution is 2.48. The van der Waals surface area contributed by atoms with Gasteiger partial charge >= 0.3 is 5.97 Å². The number of hydrogen-bond acceptors (Lipinski definition) is 3. The van der Waals surface area contributed by atoms with Crippen LogP contribution in [0.5, 0.6) is 11.5 Å². The van der Waals surface area contributed by atoms with E-state index in [1.807, 2.05) is 0 Å². The molecule has 0 bridgehead atoms. The summed E-state index contributed by atoms with van der Waals surface area (Å²) in [5.74, 6) is 0.123. The molecule has 0 aliphatic heterocycles. The topological polar surface area (TPSA) is 66.8 Å². The highest BCUT2D eigenvalue weighted by atomic mass is 16.5. The maximum Gasteiger partial charge on any atom is 0.309 e. The average Bonchev–Trinajstić information content (AvgIpc) is 3.02. The van der Waals surface area contributed by atoms with Crippen molar-refractivity contribution in [3.63, 3.8) is 0 Å². The maximum absolute atomic E-state index is 10.9. The predicted molar refractivity (Wildman–Crippen MR) is 57.5 cm³/mol. The predicted octanol–water partition coefficient (Wildman–Crippen LogP) is 2.03. The third-order valence-electron chi connectivity index (χ3n) is 2.99. The van der Waals surface area contributed by atoms with Crippen molar-refractivity contribution >= 4 is 5.97 Å². The molecule has 0 aromatic heterocycles. The first-order valence-corrected chi connectivity index (χ1v) is 5.28. The quantitative estimate of drug-likeness (QED) is 0.799. The Morgan fingerprint density at radius 1 is 1.31 bits per heavy atom. The molecule has 2 N–H and O–H groups in total. The summed E-state index contributed by atoms with van der Waals surface area (Å²) < 4.78 is 5.41. The van der Waals surface area contributed by atoms with Crippen molar-refractivity contribution < 1.29 is 19.7 Å². The third kappa shape index (κ3) is 2.27. The fourth-order valence-electron chi connectivity index (χ4n) is 1.63. The molecule has 0 radical (unpaired) electrons. The van der Waals surface area contributed by atoms with Crippen LogP contribution in [-0.4, -0.2) is 22.8 Å². The highest BCUT2D eigenvalue weighted by molar-refractivity contribution is 5.77. The van der Waals surface area contributed by atoms with Gasteiger partial charge < -0.3 is 14.9 Å². The molecular formula is C12H14O4. The van der Waals surface area contributed by atoms with Crippen LogP contribution in [0.15, 0.2) is 24.3 Å². The number of aromatic hydroxyl groups is 1. The van der Waals surface area contributed by atoms with Crippen LogP contribution in [0.2, 0.25) is 0 Å². The van der Waals surface area contributed by atoms with Crippen molar-refractivity contribution in [1.29, 1.82) is 0 Å². The molecule has 4 heteroatoms. The van der Waals surface area contributed by atoms with E-state index in [9.17, 15) is 4.79 Å².